The van der Waals surface area contributed by atoms with E-state index in [1.165, 1.54) is 18.5 Å². The summed E-state index contributed by atoms with van der Waals surface area (Å²) in [6.45, 7) is 0. The minimum Gasteiger partial charge on any atom is -0.506 e. The lowest BCUT2D eigenvalue weighted by molar-refractivity contribution is 0.102. The SMILES string of the molecule is O=C(Nc1ccc(Br)cc1Cl)c1cncc(O)c1. The maximum absolute atomic E-state index is 11.9. The number of pyridine rings is 1. The summed E-state index contributed by atoms with van der Waals surface area (Å²) in [5.74, 6) is -0.452. The van der Waals surface area contributed by atoms with Crippen molar-refractivity contribution in [3.8, 4) is 5.75 Å². The highest BCUT2D eigenvalue weighted by Gasteiger charge is 2.09. The molecule has 0 saturated heterocycles. The van der Waals surface area contributed by atoms with Gasteiger partial charge in [-0.2, -0.15) is 0 Å². The van der Waals surface area contributed by atoms with Crippen molar-refractivity contribution in [3.63, 3.8) is 0 Å². The zero-order valence-electron chi connectivity index (χ0n) is 9.02. The average Bonchev–Trinajstić information content (AvgIpc) is 2.32. The molecule has 0 aliphatic rings. The third kappa shape index (κ3) is 3.00. The average molecular weight is 328 g/mol. The van der Waals surface area contributed by atoms with Crippen LogP contribution in [-0.4, -0.2) is 16.0 Å². The van der Waals surface area contributed by atoms with Crippen LogP contribution in [0.25, 0.3) is 0 Å². The molecule has 0 spiro atoms. The molecule has 4 nitrogen and oxygen atoms in total. The molecule has 0 atom stereocenters. The van der Waals surface area contributed by atoms with Crippen LogP contribution in [0, 0.1) is 0 Å². The molecule has 92 valence electrons. The molecular formula is C12H8BrClN2O2. The second kappa shape index (κ2) is 5.37. The van der Waals surface area contributed by atoms with Crippen molar-refractivity contribution < 1.29 is 9.90 Å². The van der Waals surface area contributed by atoms with E-state index in [0.717, 1.165) is 4.47 Å². The Morgan fingerprint density at radius 1 is 1.33 bits per heavy atom. The number of carbonyl (C=O) groups excluding carboxylic acids is 1. The highest BCUT2D eigenvalue weighted by Crippen LogP contribution is 2.26. The van der Waals surface area contributed by atoms with Crippen molar-refractivity contribution in [2.75, 3.05) is 5.32 Å². The molecule has 18 heavy (non-hydrogen) atoms. The normalized spacial score (nSPS) is 10.1. The lowest BCUT2D eigenvalue weighted by atomic mass is 10.2. The second-order valence-corrected chi connectivity index (χ2v) is 4.83. The number of aromatic hydroxyl groups is 1. The fraction of sp³-hybridized carbons (Fsp3) is 0. The monoisotopic (exact) mass is 326 g/mol. The van der Waals surface area contributed by atoms with Crippen molar-refractivity contribution in [3.05, 3.63) is 51.7 Å². The summed E-state index contributed by atoms with van der Waals surface area (Å²) in [4.78, 5) is 15.6. The second-order valence-electron chi connectivity index (χ2n) is 3.51. The Kier molecular flexibility index (Phi) is 3.84. The van der Waals surface area contributed by atoms with Crippen molar-refractivity contribution >= 4 is 39.1 Å². The van der Waals surface area contributed by atoms with Gasteiger partial charge in [0.2, 0.25) is 0 Å². The van der Waals surface area contributed by atoms with Crippen LogP contribution in [0.15, 0.2) is 41.1 Å². The van der Waals surface area contributed by atoms with Crippen LogP contribution in [0.1, 0.15) is 10.4 Å². The van der Waals surface area contributed by atoms with E-state index in [-0.39, 0.29) is 17.2 Å². The fourth-order valence-electron chi connectivity index (χ4n) is 1.34. The van der Waals surface area contributed by atoms with E-state index >= 15 is 0 Å². The molecule has 0 radical (unpaired) electrons. The summed E-state index contributed by atoms with van der Waals surface area (Å²) in [7, 11) is 0. The van der Waals surface area contributed by atoms with Crippen molar-refractivity contribution in [1.82, 2.24) is 4.98 Å². The van der Waals surface area contributed by atoms with Gasteiger partial charge in [-0.3, -0.25) is 9.78 Å². The molecular weight excluding hydrogens is 320 g/mol. The summed E-state index contributed by atoms with van der Waals surface area (Å²) in [6.07, 6.45) is 2.62. The van der Waals surface area contributed by atoms with Gasteiger partial charge in [-0.1, -0.05) is 27.5 Å². The van der Waals surface area contributed by atoms with Gasteiger partial charge in [-0.05, 0) is 24.3 Å². The first kappa shape index (κ1) is 12.9. The summed E-state index contributed by atoms with van der Waals surface area (Å²) >= 11 is 9.26. The molecule has 0 saturated carbocycles. The number of halogens is 2. The van der Waals surface area contributed by atoms with E-state index < -0.39 is 0 Å². The van der Waals surface area contributed by atoms with Gasteiger partial charge in [0.15, 0.2) is 0 Å². The van der Waals surface area contributed by atoms with Crippen molar-refractivity contribution in [2.45, 2.75) is 0 Å². The molecule has 1 heterocycles. The Balaban J connectivity index is 2.21. The predicted octanol–water partition coefficient (Wildman–Crippen LogP) is 3.46. The number of carbonyl (C=O) groups is 1. The maximum atomic E-state index is 11.9. The number of amides is 1. The zero-order valence-corrected chi connectivity index (χ0v) is 11.4. The molecule has 2 rings (SSSR count). The predicted molar refractivity (Wildman–Crippen MR) is 73.0 cm³/mol. The summed E-state index contributed by atoms with van der Waals surface area (Å²) in [5, 5.41) is 12.3. The van der Waals surface area contributed by atoms with Crippen LogP contribution in [0.5, 0.6) is 5.75 Å². The molecule has 0 bridgehead atoms. The Bertz CT molecular complexity index is 604. The number of hydrogen-bond donors (Lipinski definition) is 2. The molecule has 2 N–H and O–H groups in total. The molecule has 0 aliphatic carbocycles. The molecule has 2 aromatic rings. The Morgan fingerprint density at radius 2 is 2.11 bits per heavy atom. The van der Waals surface area contributed by atoms with Crippen LogP contribution >= 0.6 is 27.5 Å². The van der Waals surface area contributed by atoms with Gasteiger partial charge in [0, 0.05) is 10.7 Å². The summed E-state index contributed by atoms with van der Waals surface area (Å²) < 4.78 is 0.824. The molecule has 0 unspecified atom stereocenters. The van der Waals surface area contributed by atoms with Crippen LogP contribution in [0.3, 0.4) is 0 Å². The first-order valence-electron chi connectivity index (χ1n) is 4.96. The van der Waals surface area contributed by atoms with Crippen LogP contribution in [0.4, 0.5) is 5.69 Å². The van der Waals surface area contributed by atoms with Gasteiger partial charge in [0.05, 0.1) is 22.5 Å². The first-order chi connectivity index (χ1) is 8.56. The number of rotatable bonds is 2. The largest absolute Gasteiger partial charge is 0.506 e. The van der Waals surface area contributed by atoms with E-state index in [1.54, 1.807) is 18.2 Å². The lowest BCUT2D eigenvalue weighted by Crippen LogP contribution is -2.12. The standard InChI is InChI=1S/C12H8BrClN2O2/c13-8-1-2-11(10(14)4-8)16-12(18)7-3-9(17)6-15-5-7/h1-6,17H,(H,16,18). The number of hydrogen-bond acceptors (Lipinski definition) is 3. The van der Waals surface area contributed by atoms with Gasteiger partial charge in [-0.15, -0.1) is 0 Å². The highest BCUT2D eigenvalue weighted by atomic mass is 79.9. The van der Waals surface area contributed by atoms with Gasteiger partial charge < -0.3 is 10.4 Å². The first-order valence-corrected chi connectivity index (χ1v) is 6.14. The Hall–Kier alpha value is -1.59. The zero-order chi connectivity index (χ0) is 13.1. The van der Waals surface area contributed by atoms with Crippen molar-refractivity contribution in [2.24, 2.45) is 0 Å². The summed E-state index contributed by atoms with van der Waals surface area (Å²) in [6, 6.07) is 6.45. The van der Waals surface area contributed by atoms with E-state index in [9.17, 15) is 9.90 Å². The number of aromatic nitrogens is 1. The van der Waals surface area contributed by atoms with Crippen LogP contribution in [0.2, 0.25) is 5.02 Å². The van der Waals surface area contributed by atoms with Crippen molar-refractivity contribution in [1.29, 1.82) is 0 Å². The van der Waals surface area contributed by atoms with E-state index in [2.05, 4.69) is 26.2 Å². The molecule has 1 amide bonds. The van der Waals surface area contributed by atoms with Crippen LogP contribution in [-0.2, 0) is 0 Å². The minimum absolute atomic E-state index is 0.0652. The third-order valence-electron chi connectivity index (χ3n) is 2.17. The van der Waals surface area contributed by atoms with Gasteiger partial charge in [-0.25, -0.2) is 0 Å². The van der Waals surface area contributed by atoms with Gasteiger partial charge >= 0.3 is 0 Å². The summed E-state index contributed by atoms with van der Waals surface area (Å²) in [5.41, 5.74) is 0.752. The minimum atomic E-state index is -0.386. The topological polar surface area (TPSA) is 62.2 Å². The van der Waals surface area contributed by atoms with Gasteiger partial charge in [0.1, 0.15) is 5.75 Å². The molecule has 6 heteroatoms. The maximum Gasteiger partial charge on any atom is 0.257 e. The van der Waals surface area contributed by atoms with E-state index in [0.29, 0.717) is 10.7 Å². The number of anilines is 1. The Labute approximate surface area is 117 Å². The highest BCUT2D eigenvalue weighted by molar-refractivity contribution is 9.10. The Morgan fingerprint density at radius 3 is 2.78 bits per heavy atom. The number of nitrogens with one attached hydrogen (secondary N) is 1. The third-order valence-corrected chi connectivity index (χ3v) is 2.97. The van der Waals surface area contributed by atoms with Crippen LogP contribution < -0.4 is 5.32 Å². The van der Waals surface area contributed by atoms with Gasteiger partial charge in [0.25, 0.3) is 5.91 Å². The number of nitrogens with zero attached hydrogens (tertiary/aromatic N) is 1. The lowest BCUT2D eigenvalue weighted by Gasteiger charge is -2.07. The molecule has 0 aliphatic heterocycles. The quantitative estimate of drug-likeness (QED) is 0.888. The van der Waals surface area contributed by atoms with E-state index in [4.69, 9.17) is 11.6 Å². The van der Waals surface area contributed by atoms with E-state index in [1.807, 2.05) is 0 Å². The number of benzene rings is 1. The molecule has 0 fully saturated rings. The fourth-order valence-corrected chi connectivity index (χ4v) is 2.06. The smallest absolute Gasteiger partial charge is 0.257 e. The molecule has 1 aromatic carbocycles. The molecule has 1 aromatic heterocycles.